The number of aliphatic imine (C=N–C) groups is 1. The number of guanidine groups is 1. The molecule has 0 bridgehead atoms. The summed E-state index contributed by atoms with van der Waals surface area (Å²) < 4.78 is 0. The maximum absolute atomic E-state index is 4.79. The molecule has 0 aromatic heterocycles. The van der Waals surface area contributed by atoms with Crippen LogP contribution in [0.25, 0.3) is 0 Å². The monoisotopic (exact) mass is 337 g/mol. The number of rotatable bonds is 7. The highest BCUT2D eigenvalue weighted by Gasteiger charge is 2.18. The first-order chi connectivity index (χ1) is 11.7. The van der Waals surface area contributed by atoms with Gasteiger partial charge in [0, 0.05) is 45.3 Å². The molecule has 0 aromatic carbocycles. The molecule has 2 fully saturated rings. The van der Waals surface area contributed by atoms with Gasteiger partial charge in [-0.1, -0.05) is 6.92 Å². The lowest BCUT2D eigenvalue weighted by Crippen LogP contribution is -2.45. The van der Waals surface area contributed by atoms with E-state index in [1.807, 2.05) is 0 Å². The van der Waals surface area contributed by atoms with Gasteiger partial charge in [0.15, 0.2) is 5.96 Å². The summed E-state index contributed by atoms with van der Waals surface area (Å²) >= 11 is 0. The van der Waals surface area contributed by atoms with Crippen LogP contribution in [-0.2, 0) is 0 Å². The molecular formula is C19H39N5. The van der Waals surface area contributed by atoms with E-state index in [0.29, 0.717) is 6.04 Å². The molecule has 0 aromatic rings. The van der Waals surface area contributed by atoms with E-state index >= 15 is 0 Å². The van der Waals surface area contributed by atoms with E-state index < -0.39 is 0 Å². The van der Waals surface area contributed by atoms with Crippen LogP contribution in [0.4, 0.5) is 0 Å². The number of hydrogen-bond donors (Lipinski definition) is 2. The van der Waals surface area contributed by atoms with Crippen LogP contribution in [0.3, 0.4) is 0 Å². The highest BCUT2D eigenvalue weighted by molar-refractivity contribution is 5.80. The standard InChI is InChI=1S/C19H39N5/c1-4-20-19(22-18-9-7-17(2)8-10-18)21-11-5-6-12-24-15-13-23(3)14-16-24/h17-18H,4-16H2,1-3H3,(H2,20,21,22). The highest BCUT2D eigenvalue weighted by Crippen LogP contribution is 2.23. The van der Waals surface area contributed by atoms with Crippen LogP contribution in [0, 0.1) is 5.92 Å². The van der Waals surface area contributed by atoms with Gasteiger partial charge in [0.1, 0.15) is 0 Å². The van der Waals surface area contributed by atoms with E-state index in [1.54, 1.807) is 0 Å². The van der Waals surface area contributed by atoms with Crippen LogP contribution in [0.15, 0.2) is 4.99 Å². The number of piperazine rings is 1. The molecule has 2 N–H and O–H groups in total. The van der Waals surface area contributed by atoms with Crippen LogP contribution >= 0.6 is 0 Å². The molecule has 1 aliphatic carbocycles. The summed E-state index contributed by atoms with van der Waals surface area (Å²) in [6.07, 6.45) is 7.71. The lowest BCUT2D eigenvalue weighted by molar-refractivity contribution is 0.152. The van der Waals surface area contributed by atoms with Crippen molar-refractivity contribution in [2.24, 2.45) is 10.9 Å². The lowest BCUT2D eigenvalue weighted by Gasteiger charge is -2.32. The molecule has 5 heteroatoms. The predicted octanol–water partition coefficient (Wildman–Crippen LogP) is 2.15. The quantitative estimate of drug-likeness (QED) is 0.424. The van der Waals surface area contributed by atoms with Crippen molar-refractivity contribution in [3.63, 3.8) is 0 Å². The van der Waals surface area contributed by atoms with E-state index in [0.717, 1.165) is 25.0 Å². The summed E-state index contributed by atoms with van der Waals surface area (Å²) in [6.45, 7) is 12.5. The molecule has 0 unspecified atom stereocenters. The van der Waals surface area contributed by atoms with Crippen molar-refractivity contribution < 1.29 is 0 Å². The fourth-order valence-electron chi connectivity index (χ4n) is 3.63. The summed E-state index contributed by atoms with van der Waals surface area (Å²) in [5, 5.41) is 7.05. The average Bonchev–Trinajstić information content (AvgIpc) is 2.58. The third-order valence-electron chi connectivity index (χ3n) is 5.45. The maximum Gasteiger partial charge on any atom is 0.191 e. The van der Waals surface area contributed by atoms with Crippen molar-refractivity contribution >= 4 is 5.96 Å². The SMILES string of the molecule is CCNC(=NCCCCN1CCN(C)CC1)NC1CCC(C)CC1. The van der Waals surface area contributed by atoms with Crippen LogP contribution in [0.5, 0.6) is 0 Å². The summed E-state index contributed by atoms with van der Waals surface area (Å²) in [5.74, 6) is 1.92. The van der Waals surface area contributed by atoms with Crippen molar-refractivity contribution in [1.29, 1.82) is 0 Å². The van der Waals surface area contributed by atoms with E-state index in [4.69, 9.17) is 4.99 Å². The number of nitrogens with zero attached hydrogens (tertiary/aromatic N) is 3. The lowest BCUT2D eigenvalue weighted by atomic mass is 9.87. The second kappa shape index (κ2) is 10.9. The molecule has 0 amide bonds. The molecule has 5 nitrogen and oxygen atoms in total. The van der Waals surface area contributed by atoms with Crippen LogP contribution in [0.1, 0.15) is 52.4 Å². The number of nitrogens with one attached hydrogen (secondary N) is 2. The summed E-state index contributed by atoms with van der Waals surface area (Å²) in [5.41, 5.74) is 0. The molecule has 0 atom stereocenters. The molecule has 24 heavy (non-hydrogen) atoms. The Morgan fingerprint density at radius 2 is 1.75 bits per heavy atom. The van der Waals surface area contributed by atoms with Crippen LogP contribution in [0.2, 0.25) is 0 Å². The van der Waals surface area contributed by atoms with Gasteiger partial charge in [-0.2, -0.15) is 0 Å². The first-order valence-corrected chi connectivity index (χ1v) is 10.1. The minimum atomic E-state index is 0.615. The van der Waals surface area contributed by atoms with Gasteiger partial charge in [-0.3, -0.25) is 4.99 Å². The van der Waals surface area contributed by atoms with E-state index in [-0.39, 0.29) is 0 Å². The predicted molar refractivity (Wildman–Crippen MR) is 104 cm³/mol. The average molecular weight is 338 g/mol. The molecule has 2 rings (SSSR count). The number of unbranched alkanes of at least 4 members (excludes halogenated alkanes) is 1. The Morgan fingerprint density at radius 1 is 1.04 bits per heavy atom. The Kier molecular flexibility index (Phi) is 8.89. The topological polar surface area (TPSA) is 42.9 Å². The fourth-order valence-corrected chi connectivity index (χ4v) is 3.63. The largest absolute Gasteiger partial charge is 0.357 e. The molecule has 0 radical (unpaired) electrons. The van der Waals surface area contributed by atoms with Gasteiger partial charge in [0.05, 0.1) is 0 Å². The van der Waals surface area contributed by atoms with Gasteiger partial charge in [0.25, 0.3) is 0 Å². The van der Waals surface area contributed by atoms with Crippen molar-refractivity contribution in [3.05, 3.63) is 0 Å². The zero-order valence-electron chi connectivity index (χ0n) is 16.2. The Bertz CT molecular complexity index is 355. The second-order valence-corrected chi connectivity index (χ2v) is 7.71. The number of hydrogen-bond acceptors (Lipinski definition) is 3. The van der Waals surface area contributed by atoms with Gasteiger partial charge in [-0.05, 0) is 65.0 Å². The van der Waals surface area contributed by atoms with Gasteiger partial charge >= 0.3 is 0 Å². The minimum Gasteiger partial charge on any atom is -0.357 e. The number of likely N-dealkylation sites (N-methyl/N-ethyl adjacent to an activating group) is 1. The van der Waals surface area contributed by atoms with Crippen molar-refractivity contribution in [2.75, 3.05) is 52.9 Å². The Labute approximate surface area is 149 Å². The van der Waals surface area contributed by atoms with E-state index in [1.165, 1.54) is 71.2 Å². The van der Waals surface area contributed by atoms with Crippen LogP contribution < -0.4 is 10.6 Å². The van der Waals surface area contributed by atoms with E-state index in [9.17, 15) is 0 Å². The third-order valence-corrected chi connectivity index (χ3v) is 5.45. The van der Waals surface area contributed by atoms with E-state index in [2.05, 4.69) is 41.3 Å². The normalized spacial score (nSPS) is 27.2. The second-order valence-electron chi connectivity index (χ2n) is 7.71. The molecule has 1 aliphatic heterocycles. The van der Waals surface area contributed by atoms with Crippen molar-refractivity contribution in [3.8, 4) is 0 Å². The zero-order valence-corrected chi connectivity index (χ0v) is 16.2. The Morgan fingerprint density at radius 3 is 2.42 bits per heavy atom. The summed E-state index contributed by atoms with van der Waals surface area (Å²) in [6, 6.07) is 0.615. The van der Waals surface area contributed by atoms with Gasteiger partial charge in [-0.15, -0.1) is 0 Å². The van der Waals surface area contributed by atoms with Crippen molar-refractivity contribution in [1.82, 2.24) is 20.4 Å². The minimum absolute atomic E-state index is 0.615. The third kappa shape index (κ3) is 7.39. The first-order valence-electron chi connectivity index (χ1n) is 10.1. The summed E-state index contributed by atoms with van der Waals surface area (Å²) in [4.78, 5) is 9.80. The summed E-state index contributed by atoms with van der Waals surface area (Å²) in [7, 11) is 2.22. The molecule has 0 spiro atoms. The molecule has 1 saturated carbocycles. The van der Waals surface area contributed by atoms with Gasteiger partial charge < -0.3 is 20.4 Å². The van der Waals surface area contributed by atoms with Gasteiger partial charge in [-0.25, -0.2) is 0 Å². The Hall–Kier alpha value is -0.810. The molecular weight excluding hydrogens is 298 g/mol. The zero-order chi connectivity index (χ0) is 17.2. The fraction of sp³-hybridized carbons (Fsp3) is 0.947. The van der Waals surface area contributed by atoms with Crippen molar-refractivity contribution in [2.45, 2.75) is 58.4 Å². The maximum atomic E-state index is 4.79. The van der Waals surface area contributed by atoms with Crippen LogP contribution in [-0.4, -0.2) is 74.7 Å². The highest BCUT2D eigenvalue weighted by atomic mass is 15.2. The molecule has 1 saturated heterocycles. The molecule has 140 valence electrons. The molecule has 2 aliphatic rings. The Balaban J connectivity index is 1.61. The van der Waals surface area contributed by atoms with Gasteiger partial charge in [0.2, 0.25) is 0 Å². The smallest absolute Gasteiger partial charge is 0.191 e. The first kappa shape index (κ1) is 19.5. The molecule has 1 heterocycles.